The third-order valence-corrected chi connectivity index (χ3v) is 4.30. The molecule has 3 rings (SSSR count). The summed E-state index contributed by atoms with van der Waals surface area (Å²) < 4.78 is 2.00. The van der Waals surface area contributed by atoms with Gasteiger partial charge < -0.3 is 10.3 Å². The van der Waals surface area contributed by atoms with E-state index in [9.17, 15) is 4.79 Å². The fraction of sp³-hybridized carbons (Fsp3) is 0.421. The number of imidazole rings is 1. The van der Waals surface area contributed by atoms with Crippen LogP contribution in [-0.4, -0.2) is 25.7 Å². The molecule has 0 radical (unpaired) electrons. The number of aromatic amines is 1. The fourth-order valence-electron chi connectivity index (χ4n) is 3.01. The molecule has 1 amide bonds. The molecule has 2 heterocycles. The minimum Gasteiger partial charge on any atom is -0.349 e. The lowest BCUT2D eigenvalue weighted by Crippen LogP contribution is -2.25. The van der Waals surface area contributed by atoms with Crippen LogP contribution < -0.4 is 5.32 Å². The average molecular weight is 339 g/mol. The number of rotatable bonds is 6. The molecule has 2 aromatic heterocycles. The van der Waals surface area contributed by atoms with E-state index in [1.165, 1.54) is 0 Å². The van der Waals surface area contributed by atoms with Gasteiger partial charge in [-0.2, -0.15) is 5.10 Å². The first kappa shape index (κ1) is 17.2. The minimum absolute atomic E-state index is 0.0178. The first-order chi connectivity index (χ1) is 11.9. The van der Waals surface area contributed by atoms with Gasteiger partial charge in [0.2, 0.25) is 5.91 Å². The molecule has 0 saturated carbocycles. The van der Waals surface area contributed by atoms with E-state index in [4.69, 9.17) is 0 Å². The van der Waals surface area contributed by atoms with Gasteiger partial charge in [0, 0.05) is 17.8 Å². The molecule has 0 atom stereocenters. The molecule has 0 fully saturated rings. The van der Waals surface area contributed by atoms with Crippen LogP contribution in [0.5, 0.6) is 0 Å². The molecule has 0 aliphatic rings. The summed E-state index contributed by atoms with van der Waals surface area (Å²) in [5.41, 5.74) is 4.91. The summed E-state index contributed by atoms with van der Waals surface area (Å²) in [6.45, 7) is 9.58. The van der Waals surface area contributed by atoms with Crippen molar-refractivity contribution in [3.63, 3.8) is 0 Å². The first-order valence-corrected chi connectivity index (χ1v) is 8.67. The largest absolute Gasteiger partial charge is 0.349 e. The molecule has 0 saturated heterocycles. The molecule has 6 nitrogen and oxygen atoms in total. The number of hydrogen-bond donors (Lipinski definition) is 2. The Balaban J connectivity index is 1.63. The number of nitrogens with zero attached hydrogens (tertiary/aromatic N) is 3. The normalized spacial score (nSPS) is 11.4. The lowest BCUT2D eigenvalue weighted by molar-refractivity contribution is -0.120. The van der Waals surface area contributed by atoms with Crippen LogP contribution in [0.1, 0.15) is 36.6 Å². The lowest BCUT2D eigenvalue weighted by atomic mass is 10.1. The van der Waals surface area contributed by atoms with Crippen molar-refractivity contribution in [3.8, 4) is 0 Å². The molecule has 2 N–H and O–H groups in total. The maximum atomic E-state index is 12.3. The zero-order valence-electron chi connectivity index (χ0n) is 15.3. The Labute approximate surface area is 147 Å². The highest BCUT2D eigenvalue weighted by atomic mass is 16.1. The number of aryl methyl sites for hydroxylation is 1. The number of carbonyl (C=O) groups is 1. The van der Waals surface area contributed by atoms with Crippen molar-refractivity contribution in [1.29, 1.82) is 0 Å². The van der Waals surface area contributed by atoms with Crippen molar-refractivity contribution in [3.05, 3.63) is 47.0 Å². The predicted molar refractivity (Wildman–Crippen MR) is 98.2 cm³/mol. The third-order valence-electron chi connectivity index (χ3n) is 4.30. The molecule has 25 heavy (non-hydrogen) atoms. The Morgan fingerprint density at radius 3 is 2.76 bits per heavy atom. The molecule has 0 aliphatic heterocycles. The Bertz CT molecular complexity index is 857. The minimum atomic E-state index is -0.0178. The summed E-state index contributed by atoms with van der Waals surface area (Å²) in [7, 11) is 0. The van der Waals surface area contributed by atoms with E-state index in [2.05, 4.69) is 34.2 Å². The molecule has 0 spiro atoms. The van der Waals surface area contributed by atoms with Crippen LogP contribution in [0, 0.1) is 19.8 Å². The number of benzene rings is 1. The van der Waals surface area contributed by atoms with Crippen LogP contribution in [0.4, 0.5) is 0 Å². The van der Waals surface area contributed by atoms with E-state index >= 15 is 0 Å². The summed E-state index contributed by atoms with van der Waals surface area (Å²) in [6.07, 6.45) is 0.343. The molecular weight excluding hydrogens is 314 g/mol. The van der Waals surface area contributed by atoms with Gasteiger partial charge in [0.05, 0.1) is 29.7 Å². The van der Waals surface area contributed by atoms with Crippen LogP contribution in [0.3, 0.4) is 0 Å². The van der Waals surface area contributed by atoms with Gasteiger partial charge in [-0.15, -0.1) is 0 Å². The van der Waals surface area contributed by atoms with Gasteiger partial charge in [0.1, 0.15) is 5.82 Å². The zero-order valence-corrected chi connectivity index (χ0v) is 15.3. The smallest absolute Gasteiger partial charge is 0.224 e. The SMILES string of the molecule is Cc1nn(CC(C)C)c(C)c1CC(=O)NCc1nc2ccccc2[nH]1. The van der Waals surface area contributed by atoms with Crippen molar-refractivity contribution < 1.29 is 4.79 Å². The zero-order chi connectivity index (χ0) is 18.0. The van der Waals surface area contributed by atoms with Crippen LogP contribution in [0.15, 0.2) is 24.3 Å². The van der Waals surface area contributed by atoms with E-state index in [1.807, 2.05) is 42.8 Å². The number of para-hydroxylation sites is 2. The Hall–Kier alpha value is -2.63. The van der Waals surface area contributed by atoms with E-state index < -0.39 is 0 Å². The second-order valence-corrected chi connectivity index (χ2v) is 6.88. The van der Waals surface area contributed by atoms with Gasteiger partial charge in [-0.25, -0.2) is 4.98 Å². The van der Waals surface area contributed by atoms with Gasteiger partial charge in [-0.1, -0.05) is 26.0 Å². The number of amides is 1. The van der Waals surface area contributed by atoms with E-state index in [-0.39, 0.29) is 5.91 Å². The molecule has 3 aromatic rings. The molecule has 0 unspecified atom stereocenters. The van der Waals surface area contributed by atoms with E-state index in [0.29, 0.717) is 18.9 Å². The van der Waals surface area contributed by atoms with Crippen molar-refractivity contribution >= 4 is 16.9 Å². The fourth-order valence-corrected chi connectivity index (χ4v) is 3.01. The van der Waals surface area contributed by atoms with Gasteiger partial charge >= 0.3 is 0 Å². The number of aromatic nitrogens is 4. The summed E-state index contributed by atoms with van der Waals surface area (Å²) in [5.74, 6) is 1.27. The maximum absolute atomic E-state index is 12.3. The second-order valence-electron chi connectivity index (χ2n) is 6.88. The summed E-state index contributed by atoms with van der Waals surface area (Å²) in [4.78, 5) is 20.0. The third kappa shape index (κ3) is 3.90. The van der Waals surface area contributed by atoms with E-state index in [1.54, 1.807) is 0 Å². The number of carbonyl (C=O) groups excluding carboxylic acids is 1. The molecule has 1 aromatic carbocycles. The van der Waals surface area contributed by atoms with Crippen molar-refractivity contribution in [1.82, 2.24) is 25.1 Å². The van der Waals surface area contributed by atoms with Crippen molar-refractivity contribution in [2.45, 2.75) is 47.2 Å². The molecule has 6 heteroatoms. The molecule has 0 bridgehead atoms. The average Bonchev–Trinajstić information content (AvgIpc) is 3.08. The lowest BCUT2D eigenvalue weighted by Gasteiger charge is -2.08. The molecule has 132 valence electrons. The van der Waals surface area contributed by atoms with Crippen molar-refractivity contribution in [2.75, 3.05) is 0 Å². The topological polar surface area (TPSA) is 75.6 Å². The van der Waals surface area contributed by atoms with Gasteiger partial charge in [-0.3, -0.25) is 9.48 Å². The Kier molecular flexibility index (Phi) is 4.88. The number of H-pyrrole nitrogens is 1. The monoisotopic (exact) mass is 339 g/mol. The Morgan fingerprint density at radius 2 is 2.04 bits per heavy atom. The first-order valence-electron chi connectivity index (χ1n) is 8.67. The molecular formula is C19H25N5O. The van der Waals surface area contributed by atoms with Crippen LogP contribution in [0.2, 0.25) is 0 Å². The number of nitrogens with one attached hydrogen (secondary N) is 2. The highest BCUT2D eigenvalue weighted by molar-refractivity contribution is 5.79. The van der Waals surface area contributed by atoms with Gasteiger partial charge in [0.15, 0.2) is 0 Å². The maximum Gasteiger partial charge on any atom is 0.224 e. The summed E-state index contributed by atoms with van der Waals surface area (Å²) in [6, 6.07) is 7.84. The van der Waals surface area contributed by atoms with Crippen LogP contribution in [0.25, 0.3) is 11.0 Å². The van der Waals surface area contributed by atoms with E-state index in [0.717, 1.165) is 40.4 Å². The highest BCUT2D eigenvalue weighted by Gasteiger charge is 2.15. The predicted octanol–water partition coefficient (Wildman–Crippen LogP) is 2.89. The standard InChI is InChI=1S/C19H25N5O/c1-12(2)11-24-14(4)15(13(3)23-24)9-19(25)20-10-18-21-16-7-5-6-8-17(16)22-18/h5-8,12H,9-11H2,1-4H3,(H,20,25)(H,21,22). The van der Waals surface area contributed by atoms with Crippen LogP contribution >= 0.6 is 0 Å². The van der Waals surface area contributed by atoms with Crippen molar-refractivity contribution in [2.24, 2.45) is 5.92 Å². The van der Waals surface area contributed by atoms with Gasteiger partial charge in [-0.05, 0) is 31.9 Å². The molecule has 0 aliphatic carbocycles. The second kappa shape index (κ2) is 7.09. The number of hydrogen-bond acceptors (Lipinski definition) is 3. The highest BCUT2D eigenvalue weighted by Crippen LogP contribution is 2.15. The van der Waals surface area contributed by atoms with Crippen LogP contribution in [-0.2, 0) is 24.3 Å². The number of fused-ring (bicyclic) bond motifs is 1. The summed E-state index contributed by atoms with van der Waals surface area (Å²) in [5, 5.41) is 7.51. The Morgan fingerprint density at radius 1 is 1.28 bits per heavy atom. The quantitative estimate of drug-likeness (QED) is 0.725. The summed E-state index contributed by atoms with van der Waals surface area (Å²) >= 11 is 0. The van der Waals surface area contributed by atoms with Gasteiger partial charge in [0.25, 0.3) is 0 Å².